The van der Waals surface area contributed by atoms with Gasteiger partial charge in [0.25, 0.3) is 5.91 Å². The summed E-state index contributed by atoms with van der Waals surface area (Å²) in [6, 6.07) is 8.73. The zero-order chi connectivity index (χ0) is 14.7. The molecule has 1 aromatic carbocycles. The van der Waals surface area contributed by atoms with Gasteiger partial charge in [-0.15, -0.1) is 11.3 Å². The number of carbonyl (C=O) groups is 1. The van der Waals surface area contributed by atoms with Crippen LogP contribution in [0, 0.1) is 18.3 Å². The normalized spacial score (nSPS) is 9.90. The first-order valence-corrected chi connectivity index (χ1v) is 7.31. The van der Waals surface area contributed by atoms with E-state index in [9.17, 15) is 4.79 Å². The third-order valence-corrected chi connectivity index (χ3v) is 4.80. The number of rotatable bonds is 3. The smallest absolute Gasteiger partial charge is 0.265 e. The summed E-state index contributed by atoms with van der Waals surface area (Å²) in [4.78, 5) is 12.8. The van der Waals surface area contributed by atoms with Crippen molar-refractivity contribution in [1.29, 1.82) is 5.26 Å². The molecule has 2 aromatic rings. The topological polar surface area (TPSA) is 62.1 Å². The molecule has 0 saturated carbocycles. The maximum atomic E-state index is 12.2. The molecule has 1 amide bonds. The number of carbonyl (C=O) groups excluding carboxylic acids is 1. The minimum absolute atomic E-state index is 0.202. The zero-order valence-electron chi connectivity index (χ0n) is 10.9. The van der Waals surface area contributed by atoms with Crippen LogP contribution in [0.3, 0.4) is 0 Å². The Labute approximate surface area is 129 Å². The van der Waals surface area contributed by atoms with Crippen molar-refractivity contribution in [2.45, 2.75) is 6.92 Å². The van der Waals surface area contributed by atoms with Crippen molar-refractivity contribution >= 4 is 38.9 Å². The van der Waals surface area contributed by atoms with Gasteiger partial charge in [0.2, 0.25) is 0 Å². The predicted octanol–water partition coefficient (Wildman–Crippen LogP) is 3.95. The summed E-state index contributed by atoms with van der Waals surface area (Å²) in [5.41, 5.74) is 2.04. The van der Waals surface area contributed by atoms with Gasteiger partial charge in [-0.05, 0) is 46.6 Å². The molecule has 0 aliphatic heterocycles. The molecule has 1 heterocycles. The lowest BCUT2D eigenvalue weighted by atomic mass is 10.2. The quantitative estimate of drug-likeness (QED) is 0.911. The molecule has 4 nitrogen and oxygen atoms in total. The first-order valence-electron chi connectivity index (χ1n) is 5.70. The molecule has 0 spiro atoms. The van der Waals surface area contributed by atoms with Gasteiger partial charge in [-0.3, -0.25) is 4.79 Å². The molecule has 1 N–H and O–H groups in total. The van der Waals surface area contributed by atoms with Gasteiger partial charge >= 0.3 is 0 Å². The lowest BCUT2D eigenvalue weighted by Crippen LogP contribution is -2.11. The van der Waals surface area contributed by atoms with E-state index in [0.29, 0.717) is 21.9 Å². The van der Waals surface area contributed by atoms with Crippen molar-refractivity contribution in [3.63, 3.8) is 0 Å². The van der Waals surface area contributed by atoms with Crippen LogP contribution in [0.15, 0.2) is 28.1 Å². The average molecular weight is 351 g/mol. The zero-order valence-corrected chi connectivity index (χ0v) is 13.3. The maximum absolute atomic E-state index is 12.2. The molecule has 6 heteroatoms. The van der Waals surface area contributed by atoms with Gasteiger partial charge in [0, 0.05) is 6.07 Å². The van der Waals surface area contributed by atoms with E-state index in [1.54, 1.807) is 18.2 Å². The molecule has 0 radical (unpaired) electrons. The van der Waals surface area contributed by atoms with Crippen LogP contribution in [0.5, 0.6) is 5.75 Å². The van der Waals surface area contributed by atoms with Crippen molar-refractivity contribution in [2.24, 2.45) is 0 Å². The Balaban J connectivity index is 2.26. The summed E-state index contributed by atoms with van der Waals surface area (Å²) in [6.07, 6.45) is 0. The Hall–Kier alpha value is -1.84. The third-order valence-electron chi connectivity index (χ3n) is 2.66. The number of nitrogens with zero attached hydrogens (tertiary/aromatic N) is 1. The molecule has 0 unspecified atom stereocenters. The van der Waals surface area contributed by atoms with Gasteiger partial charge in [0.15, 0.2) is 0 Å². The predicted molar refractivity (Wildman–Crippen MR) is 82.4 cm³/mol. The molecular formula is C14H11BrN2O2S. The van der Waals surface area contributed by atoms with E-state index in [0.717, 1.165) is 9.35 Å². The summed E-state index contributed by atoms with van der Waals surface area (Å²) < 4.78 is 6.12. The van der Waals surface area contributed by atoms with E-state index in [-0.39, 0.29) is 5.91 Å². The molecule has 0 aliphatic carbocycles. The summed E-state index contributed by atoms with van der Waals surface area (Å²) in [7, 11) is 1.50. The van der Waals surface area contributed by atoms with E-state index in [1.165, 1.54) is 18.4 Å². The highest BCUT2D eigenvalue weighted by Gasteiger charge is 2.14. The standard InChI is InChI=1S/C14H11BrN2O2S/c1-8-5-12(20-13(8)15)14(18)17-10-4-3-9(7-16)6-11(10)19-2/h3-6H,1-2H3,(H,17,18). The number of benzene rings is 1. The number of amides is 1. The van der Waals surface area contributed by atoms with Crippen molar-refractivity contribution in [3.05, 3.63) is 44.1 Å². The van der Waals surface area contributed by atoms with Gasteiger partial charge in [0.05, 0.1) is 33.1 Å². The lowest BCUT2D eigenvalue weighted by molar-refractivity contribution is 0.103. The highest BCUT2D eigenvalue weighted by molar-refractivity contribution is 9.11. The third kappa shape index (κ3) is 3.00. The molecule has 0 atom stereocenters. The summed E-state index contributed by atoms with van der Waals surface area (Å²) in [5.74, 6) is 0.261. The summed E-state index contributed by atoms with van der Waals surface area (Å²) in [5, 5.41) is 11.6. The number of ether oxygens (including phenoxy) is 1. The van der Waals surface area contributed by atoms with Crippen LogP contribution in [0.4, 0.5) is 5.69 Å². The van der Waals surface area contributed by atoms with Crippen LogP contribution in [0.25, 0.3) is 0 Å². The van der Waals surface area contributed by atoms with E-state index in [4.69, 9.17) is 10.00 Å². The molecule has 20 heavy (non-hydrogen) atoms. The van der Waals surface area contributed by atoms with Gasteiger partial charge < -0.3 is 10.1 Å². The second-order valence-electron chi connectivity index (χ2n) is 4.05. The highest BCUT2D eigenvalue weighted by Crippen LogP contribution is 2.30. The summed E-state index contributed by atoms with van der Waals surface area (Å²) >= 11 is 4.77. The van der Waals surface area contributed by atoms with Crippen LogP contribution in [-0.2, 0) is 0 Å². The van der Waals surface area contributed by atoms with Gasteiger partial charge in [-0.1, -0.05) is 0 Å². The fourth-order valence-electron chi connectivity index (χ4n) is 1.62. The van der Waals surface area contributed by atoms with Crippen LogP contribution in [0.1, 0.15) is 20.8 Å². The second kappa shape index (κ2) is 6.07. The summed E-state index contributed by atoms with van der Waals surface area (Å²) in [6.45, 7) is 1.93. The minimum Gasteiger partial charge on any atom is -0.495 e. The van der Waals surface area contributed by atoms with Gasteiger partial charge in [0.1, 0.15) is 5.75 Å². The Morgan fingerprint density at radius 1 is 1.45 bits per heavy atom. The number of halogens is 1. The maximum Gasteiger partial charge on any atom is 0.265 e. The number of aryl methyl sites for hydroxylation is 1. The Bertz CT molecular complexity index is 684. The first-order chi connectivity index (χ1) is 9.55. The molecule has 0 aliphatic rings. The van der Waals surface area contributed by atoms with E-state index >= 15 is 0 Å². The minimum atomic E-state index is -0.202. The van der Waals surface area contributed by atoms with Crippen LogP contribution in [-0.4, -0.2) is 13.0 Å². The van der Waals surface area contributed by atoms with Crippen molar-refractivity contribution in [3.8, 4) is 11.8 Å². The average Bonchev–Trinajstić information content (AvgIpc) is 2.79. The number of nitriles is 1. The monoisotopic (exact) mass is 350 g/mol. The molecule has 102 valence electrons. The Morgan fingerprint density at radius 3 is 2.75 bits per heavy atom. The fourth-order valence-corrected chi connectivity index (χ4v) is 3.05. The van der Waals surface area contributed by atoms with Crippen molar-refractivity contribution in [1.82, 2.24) is 0 Å². The van der Waals surface area contributed by atoms with Crippen molar-refractivity contribution < 1.29 is 9.53 Å². The van der Waals surface area contributed by atoms with Crippen molar-refractivity contribution in [2.75, 3.05) is 12.4 Å². The molecule has 0 fully saturated rings. The molecule has 1 aromatic heterocycles. The number of methoxy groups -OCH3 is 1. The SMILES string of the molecule is COc1cc(C#N)ccc1NC(=O)c1cc(C)c(Br)s1. The molecule has 0 bridgehead atoms. The van der Waals surface area contributed by atoms with E-state index in [2.05, 4.69) is 21.2 Å². The first kappa shape index (κ1) is 14.6. The van der Waals surface area contributed by atoms with Gasteiger partial charge in [-0.2, -0.15) is 5.26 Å². The second-order valence-corrected chi connectivity index (χ2v) is 6.42. The van der Waals surface area contributed by atoms with E-state index in [1.807, 2.05) is 19.1 Å². The Morgan fingerprint density at radius 2 is 2.20 bits per heavy atom. The van der Waals surface area contributed by atoms with Crippen LogP contribution < -0.4 is 10.1 Å². The fraction of sp³-hybridized carbons (Fsp3) is 0.143. The molecule has 0 saturated heterocycles. The molecular weight excluding hydrogens is 340 g/mol. The van der Waals surface area contributed by atoms with E-state index < -0.39 is 0 Å². The van der Waals surface area contributed by atoms with Crippen LogP contribution in [0.2, 0.25) is 0 Å². The van der Waals surface area contributed by atoms with Gasteiger partial charge in [-0.25, -0.2) is 0 Å². The van der Waals surface area contributed by atoms with Crippen LogP contribution >= 0.6 is 27.3 Å². The Kier molecular flexibility index (Phi) is 4.42. The number of anilines is 1. The number of nitrogens with one attached hydrogen (secondary N) is 1. The largest absolute Gasteiger partial charge is 0.495 e. The highest BCUT2D eigenvalue weighted by atomic mass is 79.9. The number of thiophene rings is 1. The number of hydrogen-bond acceptors (Lipinski definition) is 4. The molecule has 2 rings (SSSR count). The number of hydrogen-bond donors (Lipinski definition) is 1. The lowest BCUT2D eigenvalue weighted by Gasteiger charge is -2.09.